The van der Waals surface area contributed by atoms with Crippen molar-refractivity contribution in [3.8, 4) is 28.6 Å². The van der Waals surface area contributed by atoms with E-state index in [4.69, 9.17) is 26.6 Å². The topological polar surface area (TPSA) is 121 Å². The van der Waals surface area contributed by atoms with Crippen molar-refractivity contribution in [3.05, 3.63) is 53.1 Å². The molecule has 9 nitrogen and oxygen atoms in total. The molecule has 3 N–H and O–H groups in total. The van der Waals surface area contributed by atoms with Crippen LogP contribution in [0.5, 0.6) is 5.75 Å². The summed E-state index contributed by atoms with van der Waals surface area (Å²) in [5.74, 6) is 1.05. The molecule has 11 heteroatoms. The van der Waals surface area contributed by atoms with Crippen LogP contribution in [0.3, 0.4) is 0 Å². The number of carbonyl (C=O) groups is 1. The van der Waals surface area contributed by atoms with E-state index in [0.29, 0.717) is 32.9 Å². The molecule has 2 aromatic heterocycles. The molecule has 0 spiro atoms. The zero-order chi connectivity index (χ0) is 23.5. The Morgan fingerprint density at radius 3 is 2.73 bits per heavy atom. The number of nitrogens with two attached hydrogens (primary N) is 1. The van der Waals surface area contributed by atoms with Crippen molar-refractivity contribution in [1.29, 1.82) is 0 Å². The number of carbonyl (C=O) groups excluding carboxylic acids is 1. The molecule has 4 aromatic rings. The number of hydrogen-bond donors (Lipinski definition) is 2. The fraction of sp³-hybridized carbons (Fsp3) is 0.182. The fourth-order valence-corrected chi connectivity index (χ4v) is 3.91. The maximum absolute atomic E-state index is 12.7. The third kappa shape index (κ3) is 4.81. The van der Waals surface area contributed by atoms with E-state index in [-0.39, 0.29) is 24.2 Å². The normalized spacial score (nSPS) is 10.9. The highest BCUT2D eigenvalue weighted by molar-refractivity contribution is 7.98. The van der Waals surface area contributed by atoms with Crippen LogP contribution in [0, 0.1) is 6.92 Å². The lowest BCUT2D eigenvalue weighted by Crippen LogP contribution is -2.21. The number of thioether (sulfide) groups is 1. The molecular formula is C22H21ClN6O3S. The Morgan fingerprint density at radius 2 is 2.03 bits per heavy atom. The summed E-state index contributed by atoms with van der Waals surface area (Å²) in [7, 11) is 1.51. The minimum atomic E-state index is -0.352. The van der Waals surface area contributed by atoms with Crippen molar-refractivity contribution < 1.29 is 14.1 Å². The van der Waals surface area contributed by atoms with E-state index >= 15 is 0 Å². The number of nitrogens with one attached hydrogen (secondary N) is 1. The van der Waals surface area contributed by atoms with Crippen LogP contribution in [0.2, 0.25) is 5.02 Å². The van der Waals surface area contributed by atoms with E-state index in [1.807, 2.05) is 37.4 Å². The van der Waals surface area contributed by atoms with Crippen LogP contribution in [-0.2, 0) is 11.3 Å². The van der Waals surface area contributed by atoms with Crippen molar-refractivity contribution in [1.82, 2.24) is 19.9 Å². The summed E-state index contributed by atoms with van der Waals surface area (Å²) in [6.07, 6.45) is 1.85. The highest BCUT2D eigenvalue weighted by Crippen LogP contribution is 2.35. The predicted octanol–water partition coefficient (Wildman–Crippen LogP) is 4.51. The van der Waals surface area contributed by atoms with Crippen LogP contribution >= 0.6 is 23.4 Å². The Labute approximate surface area is 199 Å². The van der Waals surface area contributed by atoms with Gasteiger partial charge in [0.25, 0.3) is 5.89 Å². The molecule has 0 bridgehead atoms. The van der Waals surface area contributed by atoms with Gasteiger partial charge < -0.3 is 20.3 Å². The summed E-state index contributed by atoms with van der Waals surface area (Å²) in [5, 5.41) is 12.3. The number of aromatic nitrogens is 4. The second-order valence-corrected chi connectivity index (χ2v) is 8.34. The van der Waals surface area contributed by atoms with Crippen molar-refractivity contribution in [2.75, 3.05) is 24.4 Å². The highest BCUT2D eigenvalue weighted by Gasteiger charge is 2.24. The monoisotopic (exact) mass is 484 g/mol. The number of ether oxygens (including phenoxy) is 1. The maximum Gasteiger partial charge on any atom is 0.264 e. The highest BCUT2D eigenvalue weighted by atomic mass is 35.5. The number of nitrogens with zero attached hydrogens (tertiary/aromatic N) is 4. The first kappa shape index (κ1) is 22.7. The molecule has 4 rings (SSSR count). The molecule has 0 saturated heterocycles. The molecule has 0 radical (unpaired) electrons. The van der Waals surface area contributed by atoms with Crippen LogP contribution in [0.4, 0.5) is 11.5 Å². The number of amides is 1. The van der Waals surface area contributed by atoms with Crippen molar-refractivity contribution in [2.45, 2.75) is 18.5 Å². The number of rotatable bonds is 7. The van der Waals surface area contributed by atoms with Gasteiger partial charge in [-0.2, -0.15) is 10.1 Å². The second-order valence-electron chi connectivity index (χ2n) is 7.11. The second kappa shape index (κ2) is 9.55. The Kier molecular flexibility index (Phi) is 6.57. The maximum atomic E-state index is 12.7. The number of benzene rings is 2. The van der Waals surface area contributed by atoms with Crippen molar-refractivity contribution in [3.63, 3.8) is 0 Å². The van der Waals surface area contributed by atoms with Crippen LogP contribution in [0.25, 0.3) is 22.8 Å². The van der Waals surface area contributed by atoms with E-state index in [1.165, 1.54) is 23.6 Å². The molecule has 0 atom stereocenters. The van der Waals surface area contributed by atoms with E-state index in [9.17, 15) is 4.79 Å². The average molecular weight is 485 g/mol. The molecule has 1 amide bonds. The standard InChI is InChI=1S/C22H21ClN6O3S/c1-12-4-6-13(7-5-12)20-26-21(32-28-20)18-19(24)29(27-22(18)33-3)11-17(30)25-15-10-14(23)8-9-16(15)31-2/h4-10H,11,24H2,1-3H3,(H,25,30). The van der Waals surface area contributed by atoms with E-state index in [0.717, 1.165) is 11.1 Å². The average Bonchev–Trinajstić information content (AvgIpc) is 3.39. The van der Waals surface area contributed by atoms with E-state index in [2.05, 4.69) is 20.6 Å². The largest absolute Gasteiger partial charge is 0.495 e. The van der Waals surface area contributed by atoms with Crippen molar-refractivity contribution >= 4 is 40.8 Å². The summed E-state index contributed by atoms with van der Waals surface area (Å²) < 4.78 is 12.1. The van der Waals surface area contributed by atoms with Gasteiger partial charge in [0.2, 0.25) is 11.7 Å². The molecule has 0 saturated carbocycles. The molecule has 0 aliphatic carbocycles. The number of halogens is 1. The van der Waals surface area contributed by atoms with Gasteiger partial charge in [-0.05, 0) is 31.4 Å². The quantitative estimate of drug-likeness (QED) is 0.367. The van der Waals surface area contributed by atoms with Crippen LogP contribution in [0.15, 0.2) is 52.0 Å². The number of anilines is 2. The number of aryl methyl sites for hydroxylation is 1. The van der Waals surface area contributed by atoms with Gasteiger partial charge in [-0.25, -0.2) is 4.68 Å². The molecule has 0 aliphatic rings. The molecule has 170 valence electrons. The van der Waals surface area contributed by atoms with E-state index < -0.39 is 0 Å². The van der Waals surface area contributed by atoms with Gasteiger partial charge in [0.15, 0.2) is 0 Å². The molecule has 0 fully saturated rings. The third-order valence-electron chi connectivity index (χ3n) is 4.83. The van der Waals surface area contributed by atoms with Gasteiger partial charge in [-0.15, -0.1) is 11.8 Å². The fourth-order valence-electron chi connectivity index (χ4n) is 3.17. The predicted molar refractivity (Wildman–Crippen MR) is 129 cm³/mol. The van der Waals surface area contributed by atoms with Crippen LogP contribution in [-0.4, -0.2) is 39.2 Å². The van der Waals surface area contributed by atoms with Gasteiger partial charge in [0, 0.05) is 10.6 Å². The molecule has 2 heterocycles. The molecule has 33 heavy (non-hydrogen) atoms. The first-order chi connectivity index (χ1) is 15.9. The number of nitrogen functional groups attached to an aromatic ring is 1. The Balaban J connectivity index is 1.59. The number of methoxy groups -OCH3 is 1. The number of hydrogen-bond acceptors (Lipinski definition) is 8. The lowest BCUT2D eigenvalue weighted by molar-refractivity contribution is -0.116. The molecule has 0 unspecified atom stereocenters. The summed E-state index contributed by atoms with van der Waals surface area (Å²) in [6, 6.07) is 12.7. The summed E-state index contributed by atoms with van der Waals surface area (Å²) >= 11 is 7.40. The van der Waals surface area contributed by atoms with Gasteiger partial charge in [0.05, 0.1) is 12.8 Å². The van der Waals surface area contributed by atoms with Crippen LogP contribution < -0.4 is 15.8 Å². The zero-order valence-corrected chi connectivity index (χ0v) is 19.7. The van der Waals surface area contributed by atoms with Gasteiger partial charge in [0.1, 0.15) is 28.7 Å². The SMILES string of the molecule is COc1ccc(Cl)cc1NC(=O)Cn1nc(SC)c(-c2nc(-c3ccc(C)cc3)no2)c1N. The first-order valence-electron chi connectivity index (χ1n) is 9.84. The summed E-state index contributed by atoms with van der Waals surface area (Å²) in [5.41, 5.74) is 9.22. The van der Waals surface area contributed by atoms with Crippen molar-refractivity contribution in [2.24, 2.45) is 0 Å². The Bertz CT molecular complexity index is 1300. The van der Waals surface area contributed by atoms with Crippen LogP contribution in [0.1, 0.15) is 5.56 Å². The van der Waals surface area contributed by atoms with Gasteiger partial charge in [-0.1, -0.05) is 46.6 Å². The lowest BCUT2D eigenvalue weighted by Gasteiger charge is -2.11. The minimum absolute atomic E-state index is 0.131. The zero-order valence-electron chi connectivity index (χ0n) is 18.1. The summed E-state index contributed by atoms with van der Waals surface area (Å²) in [4.78, 5) is 17.2. The van der Waals surface area contributed by atoms with E-state index in [1.54, 1.807) is 18.2 Å². The molecular weight excluding hydrogens is 464 g/mol. The molecule has 0 aliphatic heterocycles. The minimum Gasteiger partial charge on any atom is -0.495 e. The Morgan fingerprint density at radius 1 is 1.27 bits per heavy atom. The third-order valence-corrected chi connectivity index (χ3v) is 5.74. The van der Waals surface area contributed by atoms with Gasteiger partial charge in [-0.3, -0.25) is 4.79 Å². The molecule has 2 aromatic carbocycles. The first-order valence-corrected chi connectivity index (χ1v) is 11.4. The lowest BCUT2D eigenvalue weighted by atomic mass is 10.1. The Hall–Kier alpha value is -3.50. The van der Waals surface area contributed by atoms with Gasteiger partial charge >= 0.3 is 0 Å². The smallest absolute Gasteiger partial charge is 0.264 e. The summed E-state index contributed by atoms with van der Waals surface area (Å²) in [6.45, 7) is 1.87.